The first-order valence-electron chi connectivity index (χ1n) is 7.40. The van der Waals surface area contributed by atoms with Crippen LogP contribution in [-0.2, 0) is 12.8 Å². The molecular weight excluding hydrogens is 222 g/mol. The van der Waals surface area contributed by atoms with Crippen molar-refractivity contribution in [3.05, 3.63) is 29.3 Å². The van der Waals surface area contributed by atoms with Crippen LogP contribution in [0.1, 0.15) is 49.7 Å². The van der Waals surface area contributed by atoms with Crippen LogP contribution in [0.5, 0.6) is 0 Å². The first kappa shape index (κ1) is 12.0. The van der Waals surface area contributed by atoms with Crippen LogP contribution in [0, 0.1) is 0 Å². The summed E-state index contributed by atoms with van der Waals surface area (Å²) >= 11 is 0. The van der Waals surface area contributed by atoms with E-state index in [1.165, 1.54) is 55.3 Å². The highest BCUT2D eigenvalue weighted by Crippen LogP contribution is 2.30. The average molecular weight is 245 g/mol. The molecule has 0 spiro atoms. The lowest BCUT2D eigenvalue weighted by atomic mass is 9.88. The third kappa shape index (κ3) is 2.39. The molecule has 1 aromatic carbocycles. The summed E-state index contributed by atoms with van der Waals surface area (Å²) in [6.45, 7) is 0. The molecule has 98 valence electrons. The van der Waals surface area contributed by atoms with Crippen LogP contribution in [0.3, 0.4) is 0 Å². The minimum absolute atomic E-state index is 0.168. The second kappa shape index (κ2) is 5.31. The van der Waals surface area contributed by atoms with Gasteiger partial charge in [-0.05, 0) is 55.7 Å². The smallest absolute Gasteiger partial charge is 0.0741 e. The Balaban J connectivity index is 1.79. The summed E-state index contributed by atoms with van der Waals surface area (Å²) in [6.07, 6.45) is 9.34. The highest BCUT2D eigenvalue weighted by molar-refractivity contribution is 5.56. The van der Waals surface area contributed by atoms with Gasteiger partial charge in [0.1, 0.15) is 0 Å². The van der Waals surface area contributed by atoms with Gasteiger partial charge >= 0.3 is 0 Å². The molecule has 18 heavy (non-hydrogen) atoms. The summed E-state index contributed by atoms with van der Waals surface area (Å²) in [5, 5.41) is 13.7. The summed E-state index contributed by atoms with van der Waals surface area (Å²) in [5.41, 5.74) is 4.29. The summed E-state index contributed by atoms with van der Waals surface area (Å²) in [7, 11) is 0. The third-order valence-electron chi connectivity index (χ3n) is 4.47. The van der Waals surface area contributed by atoms with Gasteiger partial charge in [0.15, 0.2) is 0 Å². The lowest BCUT2D eigenvalue weighted by Gasteiger charge is -2.31. The van der Waals surface area contributed by atoms with Gasteiger partial charge in [-0.25, -0.2) is 0 Å². The van der Waals surface area contributed by atoms with Crippen LogP contribution in [0.2, 0.25) is 0 Å². The molecule has 0 amide bonds. The van der Waals surface area contributed by atoms with E-state index in [9.17, 15) is 5.11 Å². The Labute approximate surface area is 109 Å². The quantitative estimate of drug-likeness (QED) is 0.838. The zero-order valence-corrected chi connectivity index (χ0v) is 11.0. The minimum atomic E-state index is -0.168. The van der Waals surface area contributed by atoms with Gasteiger partial charge in [0, 0.05) is 5.69 Å². The number of rotatable bonds is 2. The Morgan fingerprint density at radius 2 is 1.83 bits per heavy atom. The van der Waals surface area contributed by atoms with Crippen LogP contribution < -0.4 is 5.32 Å². The van der Waals surface area contributed by atoms with E-state index in [-0.39, 0.29) is 12.1 Å². The van der Waals surface area contributed by atoms with Crippen molar-refractivity contribution < 1.29 is 5.11 Å². The molecule has 1 saturated carbocycles. The second-order valence-corrected chi connectivity index (χ2v) is 5.75. The molecule has 0 heterocycles. The standard InChI is InChI=1S/C16H23NO/c18-16-11-4-3-9-15(16)17-14-10-5-7-12-6-1-2-8-13(12)14/h5,7,10,15-18H,1-4,6,8-9,11H2. The highest BCUT2D eigenvalue weighted by atomic mass is 16.3. The number of anilines is 1. The van der Waals surface area contributed by atoms with E-state index in [1.54, 1.807) is 0 Å². The molecule has 3 rings (SSSR count). The Bertz CT molecular complexity index is 416. The predicted molar refractivity (Wildman–Crippen MR) is 75.0 cm³/mol. The van der Waals surface area contributed by atoms with E-state index in [0.29, 0.717) is 0 Å². The summed E-state index contributed by atoms with van der Waals surface area (Å²) in [5.74, 6) is 0. The number of aryl methyl sites for hydroxylation is 1. The molecule has 0 aliphatic heterocycles. The van der Waals surface area contributed by atoms with Crippen LogP contribution >= 0.6 is 0 Å². The summed E-state index contributed by atoms with van der Waals surface area (Å²) in [4.78, 5) is 0. The van der Waals surface area contributed by atoms with Crippen molar-refractivity contribution in [1.29, 1.82) is 0 Å². The van der Waals surface area contributed by atoms with Gasteiger partial charge in [0.25, 0.3) is 0 Å². The molecule has 2 N–H and O–H groups in total. The molecule has 0 bridgehead atoms. The number of nitrogens with one attached hydrogen (secondary N) is 1. The normalized spacial score (nSPS) is 27.6. The Hall–Kier alpha value is -1.02. The SMILES string of the molecule is OC1CCCCC1Nc1cccc2c1CCCC2. The molecule has 1 fully saturated rings. The van der Waals surface area contributed by atoms with Gasteiger partial charge in [-0.3, -0.25) is 0 Å². The molecule has 2 aliphatic rings. The van der Waals surface area contributed by atoms with E-state index in [0.717, 1.165) is 12.8 Å². The number of hydrogen-bond donors (Lipinski definition) is 2. The lowest BCUT2D eigenvalue weighted by Crippen LogP contribution is -2.36. The van der Waals surface area contributed by atoms with Crippen molar-refractivity contribution in [2.24, 2.45) is 0 Å². The van der Waals surface area contributed by atoms with E-state index >= 15 is 0 Å². The number of hydrogen-bond acceptors (Lipinski definition) is 2. The minimum Gasteiger partial charge on any atom is -0.391 e. The zero-order valence-electron chi connectivity index (χ0n) is 11.0. The van der Waals surface area contributed by atoms with Gasteiger partial charge in [0.05, 0.1) is 12.1 Å². The van der Waals surface area contributed by atoms with Crippen LogP contribution in [0.4, 0.5) is 5.69 Å². The van der Waals surface area contributed by atoms with Crippen LogP contribution in [-0.4, -0.2) is 17.3 Å². The van der Waals surface area contributed by atoms with E-state index in [4.69, 9.17) is 0 Å². The van der Waals surface area contributed by atoms with Crippen LogP contribution in [0.15, 0.2) is 18.2 Å². The van der Waals surface area contributed by atoms with Crippen molar-refractivity contribution in [2.75, 3.05) is 5.32 Å². The fourth-order valence-corrected chi connectivity index (χ4v) is 3.40. The maximum atomic E-state index is 10.1. The average Bonchev–Trinajstić information content (AvgIpc) is 2.42. The first-order chi connectivity index (χ1) is 8.84. The number of benzene rings is 1. The van der Waals surface area contributed by atoms with Crippen molar-refractivity contribution in [3.8, 4) is 0 Å². The Kier molecular flexibility index (Phi) is 3.55. The van der Waals surface area contributed by atoms with Gasteiger partial charge < -0.3 is 10.4 Å². The molecule has 1 aromatic rings. The van der Waals surface area contributed by atoms with Crippen molar-refractivity contribution in [2.45, 2.75) is 63.5 Å². The monoisotopic (exact) mass is 245 g/mol. The maximum absolute atomic E-state index is 10.1. The fraction of sp³-hybridized carbons (Fsp3) is 0.625. The highest BCUT2D eigenvalue weighted by Gasteiger charge is 2.24. The molecule has 2 nitrogen and oxygen atoms in total. The summed E-state index contributed by atoms with van der Waals surface area (Å²) in [6, 6.07) is 6.86. The topological polar surface area (TPSA) is 32.3 Å². The van der Waals surface area contributed by atoms with Gasteiger partial charge in [-0.2, -0.15) is 0 Å². The molecule has 0 aromatic heterocycles. The van der Waals surface area contributed by atoms with Crippen molar-refractivity contribution in [3.63, 3.8) is 0 Å². The van der Waals surface area contributed by atoms with E-state index < -0.39 is 0 Å². The molecule has 0 radical (unpaired) electrons. The third-order valence-corrected chi connectivity index (χ3v) is 4.47. The molecule has 2 atom stereocenters. The number of aliphatic hydroxyl groups is 1. The lowest BCUT2D eigenvalue weighted by molar-refractivity contribution is 0.116. The molecular formula is C16H23NO. The van der Waals surface area contributed by atoms with Crippen molar-refractivity contribution >= 4 is 5.69 Å². The molecule has 2 aliphatic carbocycles. The molecule has 2 heteroatoms. The maximum Gasteiger partial charge on any atom is 0.0741 e. The van der Waals surface area contributed by atoms with E-state index in [2.05, 4.69) is 23.5 Å². The predicted octanol–water partition coefficient (Wildman–Crippen LogP) is 3.28. The van der Waals surface area contributed by atoms with Gasteiger partial charge in [-0.15, -0.1) is 0 Å². The van der Waals surface area contributed by atoms with E-state index in [1.807, 2.05) is 0 Å². The second-order valence-electron chi connectivity index (χ2n) is 5.75. The first-order valence-corrected chi connectivity index (χ1v) is 7.40. The van der Waals surface area contributed by atoms with Gasteiger partial charge in [-0.1, -0.05) is 25.0 Å². The molecule has 2 unspecified atom stereocenters. The largest absolute Gasteiger partial charge is 0.391 e. The number of aliphatic hydroxyl groups excluding tert-OH is 1. The zero-order chi connectivity index (χ0) is 12.4. The Morgan fingerprint density at radius 1 is 1.00 bits per heavy atom. The fourth-order valence-electron chi connectivity index (χ4n) is 3.40. The van der Waals surface area contributed by atoms with Gasteiger partial charge in [0.2, 0.25) is 0 Å². The number of fused-ring (bicyclic) bond motifs is 1. The summed E-state index contributed by atoms with van der Waals surface area (Å²) < 4.78 is 0. The van der Waals surface area contributed by atoms with Crippen molar-refractivity contribution in [1.82, 2.24) is 0 Å². The Morgan fingerprint density at radius 3 is 2.72 bits per heavy atom. The van der Waals surface area contributed by atoms with Crippen LogP contribution in [0.25, 0.3) is 0 Å². The molecule has 0 saturated heterocycles.